The van der Waals surface area contributed by atoms with Crippen LogP contribution in [0.2, 0.25) is 5.02 Å². The zero-order valence-corrected chi connectivity index (χ0v) is 19.7. The summed E-state index contributed by atoms with van der Waals surface area (Å²) in [4.78, 5) is 36.7. The third kappa shape index (κ3) is 5.60. The van der Waals surface area contributed by atoms with Crippen LogP contribution in [0.1, 0.15) is 18.1 Å². The Balaban J connectivity index is 1.83. The minimum atomic E-state index is -0.711. The maximum absolute atomic E-state index is 12.5. The second kappa shape index (κ2) is 10.5. The molecule has 0 aromatic heterocycles. The monoisotopic (exact) mass is 522 g/mol. The lowest BCUT2D eigenvalue weighted by molar-refractivity contribution is -0.143. The number of urea groups is 1. The maximum Gasteiger partial charge on any atom is 0.329 e. The molecule has 1 N–H and O–H groups in total. The quantitative estimate of drug-likeness (QED) is 0.317. The lowest BCUT2D eigenvalue weighted by Crippen LogP contribution is -2.36. The predicted molar refractivity (Wildman–Crippen MR) is 121 cm³/mol. The summed E-state index contributed by atoms with van der Waals surface area (Å²) in [6.45, 7) is 1.99. The molecule has 1 saturated heterocycles. The SMILES string of the molecule is CCOc1cc(/C=C2/NC(=O)N(CC(=O)OC)C2=O)cc(Cl)c1OCc1ccc(Br)cc1. The minimum Gasteiger partial charge on any atom is -0.490 e. The Kier molecular flexibility index (Phi) is 7.76. The zero-order valence-electron chi connectivity index (χ0n) is 17.3. The lowest BCUT2D eigenvalue weighted by Gasteiger charge is -2.15. The smallest absolute Gasteiger partial charge is 0.329 e. The van der Waals surface area contributed by atoms with E-state index in [1.165, 1.54) is 13.2 Å². The predicted octanol–water partition coefficient (Wildman–Crippen LogP) is 4.15. The first-order chi connectivity index (χ1) is 15.3. The van der Waals surface area contributed by atoms with Crippen molar-refractivity contribution in [3.8, 4) is 11.5 Å². The number of benzene rings is 2. The van der Waals surface area contributed by atoms with Gasteiger partial charge < -0.3 is 19.5 Å². The number of hydrogen-bond donors (Lipinski definition) is 1. The summed E-state index contributed by atoms with van der Waals surface area (Å²) in [5.74, 6) is -0.589. The van der Waals surface area contributed by atoms with Gasteiger partial charge in [0.2, 0.25) is 0 Å². The second-order valence-corrected chi connectivity index (χ2v) is 7.96. The number of carbonyl (C=O) groups is 3. The van der Waals surface area contributed by atoms with Crippen molar-refractivity contribution in [2.45, 2.75) is 13.5 Å². The zero-order chi connectivity index (χ0) is 23.3. The highest BCUT2D eigenvalue weighted by molar-refractivity contribution is 9.10. The Labute approximate surface area is 198 Å². The molecule has 10 heteroatoms. The third-order valence-electron chi connectivity index (χ3n) is 4.42. The fourth-order valence-corrected chi connectivity index (χ4v) is 3.42. The first-order valence-corrected chi connectivity index (χ1v) is 10.7. The first kappa shape index (κ1) is 23.6. The largest absolute Gasteiger partial charge is 0.490 e. The summed E-state index contributed by atoms with van der Waals surface area (Å²) >= 11 is 9.84. The van der Waals surface area contributed by atoms with Crippen LogP contribution in [0.3, 0.4) is 0 Å². The molecule has 0 saturated carbocycles. The van der Waals surface area contributed by atoms with Crippen LogP contribution in [0.5, 0.6) is 11.5 Å². The summed E-state index contributed by atoms with van der Waals surface area (Å²) in [7, 11) is 1.18. The molecular weight excluding hydrogens is 504 g/mol. The molecule has 0 unspecified atom stereocenters. The summed E-state index contributed by atoms with van der Waals surface area (Å²) in [6, 6.07) is 10.2. The number of imide groups is 1. The molecule has 2 aromatic carbocycles. The van der Waals surface area contributed by atoms with E-state index in [1.807, 2.05) is 31.2 Å². The van der Waals surface area contributed by atoms with E-state index in [4.69, 9.17) is 21.1 Å². The van der Waals surface area contributed by atoms with Crippen LogP contribution in [-0.4, -0.2) is 43.1 Å². The van der Waals surface area contributed by atoms with Gasteiger partial charge >= 0.3 is 12.0 Å². The Morgan fingerprint density at radius 3 is 2.56 bits per heavy atom. The van der Waals surface area contributed by atoms with Crippen molar-refractivity contribution in [3.63, 3.8) is 0 Å². The van der Waals surface area contributed by atoms with Gasteiger partial charge in [-0.25, -0.2) is 9.69 Å². The number of amides is 3. The van der Waals surface area contributed by atoms with Gasteiger partial charge in [-0.05, 0) is 48.4 Å². The highest BCUT2D eigenvalue weighted by Crippen LogP contribution is 2.38. The van der Waals surface area contributed by atoms with E-state index < -0.39 is 24.5 Å². The molecule has 3 amide bonds. The summed E-state index contributed by atoms with van der Waals surface area (Å²) in [6.07, 6.45) is 1.45. The van der Waals surface area contributed by atoms with Gasteiger partial charge in [-0.1, -0.05) is 39.7 Å². The number of ether oxygens (including phenoxy) is 3. The van der Waals surface area contributed by atoms with Gasteiger partial charge in [0.1, 0.15) is 18.8 Å². The molecule has 0 radical (unpaired) electrons. The summed E-state index contributed by atoms with van der Waals surface area (Å²) in [5.41, 5.74) is 1.46. The number of hydrogen-bond acceptors (Lipinski definition) is 6. The second-order valence-electron chi connectivity index (χ2n) is 6.63. The third-order valence-corrected chi connectivity index (χ3v) is 5.23. The molecule has 1 aliphatic rings. The van der Waals surface area contributed by atoms with Crippen LogP contribution < -0.4 is 14.8 Å². The highest BCUT2D eigenvalue weighted by atomic mass is 79.9. The van der Waals surface area contributed by atoms with Crippen LogP contribution in [0, 0.1) is 0 Å². The maximum atomic E-state index is 12.5. The summed E-state index contributed by atoms with van der Waals surface area (Å²) < 4.78 is 17.0. The average Bonchev–Trinajstić information content (AvgIpc) is 3.01. The van der Waals surface area contributed by atoms with Crippen molar-refractivity contribution in [2.75, 3.05) is 20.3 Å². The Bertz CT molecular complexity index is 1070. The van der Waals surface area contributed by atoms with Crippen molar-refractivity contribution in [3.05, 3.63) is 62.7 Å². The molecule has 1 heterocycles. The van der Waals surface area contributed by atoms with Crippen molar-refractivity contribution in [2.24, 2.45) is 0 Å². The molecule has 2 aromatic rings. The van der Waals surface area contributed by atoms with Gasteiger partial charge in [-0.15, -0.1) is 0 Å². The van der Waals surface area contributed by atoms with E-state index in [-0.39, 0.29) is 17.3 Å². The first-order valence-electron chi connectivity index (χ1n) is 9.57. The molecule has 1 fully saturated rings. The van der Waals surface area contributed by atoms with E-state index in [1.54, 1.807) is 12.1 Å². The number of rotatable bonds is 8. The van der Waals surface area contributed by atoms with Gasteiger partial charge in [0.25, 0.3) is 5.91 Å². The number of methoxy groups -OCH3 is 1. The van der Waals surface area contributed by atoms with Gasteiger partial charge in [-0.2, -0.15) is 0 Å². The van der Waals surface area contributed by atoms with Crippen molar-refractivity contribution < 1.29 is 28.6 Å². The normalized spacial score (nSPS) is 14.5. The molecule has 3 rings (SSSR count). The molecule has 0 aliphatic carbocycles. The molecule has 0 bridgehead atoms. The van der Waals surface area contributed by atoms with Crippen LogP contribution in [0.4, 0.5) is 4.79 Å². The lowest BCUT2D eigenvalue weighted by atomic mass is 10.1. The molecule has 1 aliphatic heterocycles. The van der Waals surface area contributed by atoms with Gasteiger partial charge in [0, 0.05) is 4.47 Å². The minimum absolute atomic E-state index is 0.000879. The molecule has 32 heavy (non-hydrogen) atoms. The molecular formula is C22H20BrClN2O6. The molecule has 8 nitrogen and oxygen atoms in total. The van der Waals surface area contributed by atoms with Crippen molar-refractivity contribution in [1.82, 2.24) is 10.2 Å². The standard InChI is InChI=1S/C22H20BrClN2O6/c1-3-31-18-10-14(9-17-21(28)26(22(29)25-17)11-19(27)30-2)8-16(24)20(18)32-12-13-4-6-15(23)7-5-13/h4-10H,3,11-12H2,1-2H3,(H,25,29)/b17-9+. The Hall–Kier alpha value is -3.04. The van der Waals surface area contributed by atoms with E-state index in [9.17, 15) is 14.4 Å². The van der Waals surface area contributed by atoms with E-state index in [0.29, 0.717) is 23.7 Å². The van der Waals surface area contributed by atoms with E-state index in [0.717, 1.165) is 14.9 Å². The van der Waals surface area contributed by atoms with Crippen LogP contribution in [-0.2, 0) is 20.9 Å². The van der Waals surface area contributed by atoms with Crippen LogP contribution >= 0.6 is 27.5 Å². The van der Waals surface area contributed by atoms with E-state index in [2.05, 4.69) is 26.0 Å². The highest BCUT2D eigenvalue weighted by Gasteiger charge is 2.35. The number of carbonyl (C=O) groups excluding carboxylic acids is 3. The molecule has 168 valence electrons. The van der Waals surface area contributed by atoms with Gasteiger partial charge in [0.05, 0.1) is 18.7 Å². The Morgan fingerprint density at radius 1 is 1.19 bits per heavy atom. The number of halogens is 2. The van der Waals surface area contributed by atoms with Crippen molar-refractivity contribution >= 4 is 51.5 Å². The van der Waals surface area contributed by atoms with Crippen LogP contribution in [0.25, 0.3) is 6.08 Å². The topological polar surface area (TPSA) is 94.2 Å². The Morgan fingerprint density at radius 2 is 1.91 bits per heavy atom. The number of esters is 1. The fraction of sp³-hybridized carbons (Fsp3) is 0.227. The van der Waals surface area contributed by atoms with E-state index >= 15 is 0 Å². The molecule has 0 atom stereocenters. The van der Waals surface area contributed by atoms with Crippen LogP contribution in [0.15, 0.2) is 46.6 Å². The molecule has 0 spiro atoms. The number of nitrogens with one attached hydrogen (secondary N) is 1. The number of nitrogens with zero attached hydrogens (tertiary/aromatic N) is 1. The summed E-state index contributed by atoms with van der Waals surface area (Å²) in [5, 5.41) is 2.72. The van der Waals surface area contributed by atoms with Crippen molar-refractivity contribution in [1.29, 1.82) is 0 Å². The van der Waals surface area contributed by atoms with Gasteiger partial charge in [-0.3, -0.25) is 9.59 Å². The van der Waals surface area contributed by atoms with Gasteiger partial charge in [0.15, 0.2) is 11.5 Å². The average molecular weight is 524 g/mol. The fourth-order valence-electron chi connectivity index (χ4n) is 2.89.